The van der Waals surface area contributed by atoms with Crippen LogP contribution in [-0.2, 0) is 5.41 Å². The zero-order valence-electron chi connectivity index (χ0n) is 22.1. The van der Waals surface area contributed by atoms with E-state index in [9.17, 15) is 0 Å². The number of rotatable bonds is 2. The van der Waals surface area contributed by atoms with Crippen LogP contribution in [0.3, 0.4) is 0 Å². The van der Waals surface area contributed by atoms with Gasteiger partial charge in [0.05, 0.1) is 5.69 Å². The van der Waals surface area contributed by atoms with E-state index < -0.39 is 0 Å². The van der Waals surface area contributed by atoms with Crippen molar-refractivity contribution in [1.82, 2.24) is 4.98 Å². The lowest BCUT2D eigenvalue weighted by molar-refractivity contribution is 0.666. The Balaban J connectivity index is 1.41. The zero-order valence-corrected chi connectivity index (χ0v) is 22.1. The standard InChI is InChI=1S/C38H27N/c1-38(2)34-15-6-5-13-29(34)32-20-19-31-28-18-17-25(24-10-9-11-26(22-24)35-16-7-8-21-39-35)23-33(28)27-12-3-4-14-30(27)36(31)37(32)38/h3-23H,1-2H3. The minimum Gasteiger partial charge on any atom is -0.256 e. The molecule has 1 aliphatic carbocycles. The van der Waals surface area contributed by atoms with Gasteiger partial charge in [-0.25, -0.2) is 0 Å². The molecule has 0 atom stereocenters. The summed E-state index contributed by atoms with van der Waals surface area (Å²) in [7, 11) is 0. The Labute approximate surface area is 228 Å². The molecule has 0 N–H and O–H groups in total. The summed E-state index contributed by atoms with van der Waals surface area (Å²) in [4.78, 5) is 4.56. The van der Waals surface area contributed by atoms with Crippen LogP contribution < -0.4 is 0 Å². The molecule has 184 valence electrons. The van der Waals surface area contributed by atoms with E-state index in [1.807, 2.05) is 18.3 Å². The van der Waals surface area contributed by atoms with E-state index in [0.29, 0.717) is 0 Å². The summed E-state index contributed by atoms with van der Waals surface area (Å²) in [6, 6.07) is 44.3. The maximum absolute atomic E-state index is 4.56. The molecule has 0 aliphatic heterocycles. The highest BCUT2D eigenvalue weighted by molar-refractivity contribution is 6.27. The summed E-state index contributed by atoms with van der Waals surface area (Å²) in [6.45, 7) is 4.77. The van der Waals surface area contributed by atoms with E-state index in [2.05, 4.69) is 128 Å². The van der Waals surface area contributed by atoms with Gasteiger partial charge in [-0.1, -0.05) is 111 Å². The summed E-state index contributed by atoms with van der Waals surface area (Å²) >= 11 is 0. The van der Waals surface area contributed by atoms with Gasteiger partial charge in [0.1, 0.15) is 0 Å². The van der Waals surface area contributed by atoms with E-state index in [4.69, 9.17) is 0 Å². The second kappa shape index (κ2) is 8.12. The van der Waals surface area contributed by atoms with Gasteiger partial charge in [-0.2, -0.15) is 0 Å². The fraction of sp³-hybridized carbons (Fsp3) is 0.0789. The molecule has 1 nitrogen and oxygen atoms in total. The van der Waals surface area contributed by atoms with E-state index in [1.54, 1.807) is 0 Å². The van der Waals surface area contributed by atoms with Crippen molar-refractivity contribution in [1.29, 1.82) is 0 Å². The summed E-state index contributed by atoms with van der Waals surface area (Å²) in [6.07, 6.45) is 1.85. The first-order valence-corrected chi connectivity index (χ1v) is 13.6. The van der Waals surface area contributed by atoms with Crippen molar-refractivity contribution >= 4 is 32.3 Å². The van der Waals surface area contributed by atoms with Crippen molar-refractivity contribution in [3.8, 4) is 33.5 Å². The molecule has 0 bridgehead atoms. The summed E-state index contributed by atoms with van der Waals surface area (Å²) < 4.78 is 0. The predicted octanol–water partition coefficient (Wildman–Crippen LogP) is 10.2. The number of pyridine rings is 1. The third-order valence-electron chi connectivity index (χ3n) is 8.67. The van der Waals surface area contributed by atoms with Crippen molar-refractivity contribution in [2.45, 2.75) is 19.3 Å². The minimum absolute atomic E-state index is 0.0618. The number of nitrogens with zero attached hydrogens (tertiary/aromatic N) is 1. The van der Waals surface area contributed by atoms with Crippen LogP contribution in [0.2, 0.25) is 0 Å². The largest absolute Gasteiger partial charge is 0.256 e. The van der Waals surface area contributed by atoms with Crippen molar-refractivity contribution < 1.29 is 0 Å². The third kappa shape index (κ3) is 3.17. The second-order valence-corrected chi connectivity index (χ2v) is 11.2. The van der Waals surface area contributed by atoms with Crippen LogP contribution in [0.4, 0.5) is 0 Å². The van der Waals surface area contributed by atoms with Crippen LogP contribution in [0.15, 0.2) is 128 Å². The van der Waals surface area contributed by atoms with Crippen LogP contribution in [0, 0.1) is 0 Å². The van der Waals surface area contributed by atoms with Crippen molar-refractivity contribution in [3.05, 3.63) is 139 Å². The molecule has 1 heteroatoms. The van der Waals surface area contributed by atoms with Crippen LogP contribution >= 0.6 is 0 Å². The molecule has 0 unspecified atom stereocenters. The molecule has 0 saturated carbocycles. The molecule has 1 heterocycles. The van der Waals surface area contributed by atoms with Gasteiger partial charge in [-0.05, 0) is 90.0 Å². The first-order valence-electron chi connectivity index (χ1n) is 13.6. The fourth-order valence-corrected chi connectivity index (χ4v) is 6.89. The number of hydrogen-bond donors (Lipinski definition) is 0. The first-order chi connectivity index (χ1) is 19.1. The molecule has 1 aliphatic rings. The van der Waals surface area contributed by atoms with Crippen LogP contribution in [0.1, 0.15) is 25.0 Å². The van der Waals surface area contributed by atoms with E-state index >= 15 is 0 Å². The van der Waals surface area contributed by atoms with E-state index in [0.717, 1.165) is 11.3 Å². The molecule has 8 rings (SSSR count). The van der Waals surface area contributed by atoms with Gasteiger partial charge in [-0.15, -0.1) is 0 Å². The second-order valence-electron chi connectivity index (χ2n) is 11.2. The SMILES string of the molecule is CC1(C)c2ccccc2-c2ccc3c4ccc(-c5cccc(-c6ccccn6)c5)cc4c4ccccc4c3c21. The maximum atomic E-state index is 4.56. The molecule has 1 aromatic heterocycles. The molecular weight excluding hydrogens is 470 g/mol. The highest BCUT2D eigenvalue weighted by Gasteiger charge is 2.37. The van der Waals surface area contributed by atoms with Gasteiger partial charge in [0.15, 0.2) is 0 Å². The Morgan fingerprint density at radius 3 is 2.05 bits per heavy atom. The van der Waals surface area contributed by atoms with Gasteiger partial charge in [0, 0.05) is 17.2 Å². The Morgan fingerprint density at radius 1 is 0.487 bits per heavy atom. The number of fused-ring (bicyclic) bond motifs is 10. The molecule has 0 saturated heterocycles. The molecule has 0 radical (unpaired) electrons. The fourth-order valence-electron chi connectivity index (χ4n) is 6.89. The van der Waals surface area contributed by atoms with Gasteiger partial charge in [-0.3, -0.25) is 4.98 Å². The summed E-state index contributed by atoms with van der Waals surface area (Å²) in [5, 5.41) is 7.97. The maximum Gasteiger partial charge on any atom is 0.0702 e. The summed E-state index contributed by atoms with van der Waals surface area (Å²) in [5.41, 5.74) is 10.1. The molecule has 39 heavy (non-hydrogen) atoms. The molecular formula is C38H27N. The van der Waals surface area contributed by atoms with Crippen molar-refractivity contribution in [3.63, 3.8) is 0 Å². The monoisotopic (exact) mass is 497 g/mol. The quantitative estimate of drug-likeness (QED) is 0.217. The third-order valence-corrected chi connectivity index (χ3v) is 8.67. The summed E-state index contributed by atoms with van der Waals surface area (Å²) in [5.74, 6) is 0. The van der Waals surface area contributed by atoms with Gasteiger partial charge in [0.25, 0.3) is 0 Å². The van der Waals surface area contributed by atoms with Crippen molar-refractivity contribution in [2.24, 2.45) is 0 Å². The predicted molar refractivity (Wildman–Crippen MR) is 165 cm³/mol. The molecule has 0 spiro atoms. The number of benzene rings is 6. The smallest absolute Gasteiger partial charge is 0.0702 e. The molecule has 6 aromatic carbocycles. The Kier molecular flexibility index (Phi) is 4.63. The molecule has 0 fully saturated rings. The zero-order chi connectivity index (χ0) is 26.1. The van der Waals surface area contributed by atoms with Crippen molar-refractivity contribution in [2.75, 3.05) is 0 Å². The molecule has 0 amide bonds. The first kappa shape index (κ1) is 22.3. The average molecular weight is 498 g/mol. The van der Waals surface area contributed by atoms with Crippen LogP contribution in [0.5, 0.6) is 0 Å². The van der Waals surface area contributed by atoms with Gasteiger partial charge < -0.3 is 0 Å². The van der Waals surface area contributed by atoms with E-state index in [-0.39, 0.29) is 5.41 Å². The minimum atomic E-state index is -0.0618. The lowest BCUT2D eigenvalue weighted by atomic mass is 9.78. The molecule has 7 aromatic rings. The highest BCUT2D eigenvalue weighted by atomic mass is 14.7. The number of hydrogen-bond acceptors (Lipinski definition) is 1. The Morgan fingerprint density at radius 2 is 1.18 bits per heavy atom. The average Bonchev–Trinajstić information content (AvgIpc) is 3.24. The highest BCUT2D eigenvalue weighted by Crippen LogP contribution is 2.53. The lowest BCUT2D eigenvalue weighted by Crippen LogP contribution is -2.15. The lowest BCUT2D eigenvalue weighted by Gasteiger charge is -2.24. The number of aromatic nitrogens is 1. The van der Waals surface area contributed by atoms with Gasteiger partial charge in [0.2, 0.25) is 0 Å². The van der Waals surface area contributed by atoms with E-state index in [1.165, 1.54) is 65.7 Å². The van der Waals surface area contributed by atoms with Crippen LogP contribution in [0.25, 0.3) is 65.8 Å². The van der Waals surface area contributed by atoms with Crippen LogP contribution in [-0.4, -0.2) is 4.98 Å². The Bertz CT molecular complexity index is 2060. The Hall–Kier alpha value is -4.75. The van der Waals surface area contributed by atoms with Gasteiger partial charge >= 0.3 is 0 Å². The normalized spacial score (nSPS) is 13.6. The topological polar surface area (TPSA) is 12.9 Å².